The molecule has 0 atom stereocenters. The van der Waals surface area contributed by atoms with Crippen molar-refractivity contribution in [2.75, 3.05) is 25.4 Å². The molecule has 0 aliphatic carbocycles. The van der Waals surface area contributed by atoms with E-state index in [4.69, 9.17) is 0 Å². The van der Waals surface area contributed by atoms with E-state index in [1.54, 1.807) is 12.1 Å². The Hall–Kier alpha value is -1.56. The van der Waals surface area contributed by atoms with Crippen LogP contribution in [0.15, 0.2) is 24.3 Å². The van der Waals surface area contributed by atoms with Crippen molar-refractivity contribution in [3.63, 3.8) is 0 Å². The Morgan fingerprint density at radius 2 is 1.84 bits per heavy atom. The number of nitrogens with zero attached hydrogens (tertiary/aromatic N) is 2. The summed E-state index contributed by atoms with van der Waals surface area (Å²) >= 11 is 1.82. The van der Waals surface area contributed by atoms with Gasteiger partial charge in [0.15, 0.2) is 0 Å². The lowest BCUT2D eigenvalue weighted by Gasteiger charge is -2.44. The summed E-state index contributed by atoms with van der Waals surface area (Å²) in [6.07, 6.45) is 4.20. The van der Waals surface area contributed by atoms with Gasteiger partial charge in [0.25, 0.3) is 5.91 Å². The Kier molecular flexibility index (Phi) is 5.67. The van der Waals surface area contributed by atoms with Gasteiger partial charge in [0.2, 0.25) is 5.91 Å². The molecular formula is C19H25FN2O2S. The lowest BCUT2D eigenvalue weighted by atomic mass is 10.0. The van der Waals surface area contributed by atoms with Gasteiger partial charge in [0.05, 0.1) is 4.87 Å². The average Bonchev–Trinajstić information content (AvgIpc) is 3.03. The lowest BCUT2D eigenvalue weighted by Crippen LogP contribution is -2.53. The Morgan fingerprint density at radius 1 is 1.16 bits per heavy atom. The number of hydrogen-bond acceptors (Lipinski definition) is 3. The van der Waals surface area contributed by atoms with Gasteiger partial charge in [-0.25, -0.2) is 4.39 Å². The first-order valence-corrected chi connectivity index (χ1v) is 10.0. The van der Waals surface area contributed by atoms with E-state index >= 15 is 0 Å². The molecule has 2 amide bonds. The lowest BCUT2D eigenvalue weighted by molar-refractivity contribution is -0.132. The summed E-state index contributed by atoms with van der Waals surface area (Å²) in [5.74, 6) is 0.782. The van der Waals surface area contributed by atoms with Crippen LogP contribution in [0.4, 0.5) is 4.39 Å². The van der Waals surface area contributed by atoms with Gasteiger partial charge in [-0.1, -0.05) is 13.3 Å². The largest absolute Gasteiger partial charge is 0.342 e. The van der Waals surface area contributed by atoms with Crippen LogP contribution in [0.2, 0.25) is 0 Å². The van der Waals surface area contributed by atoms with Crippen molar-refractivity contribution in [3.8, 4) is 0 Å². The molecule has 0 saturated carbocycles. The molecule has 1 spiro atoms. The average molecular weight is 364 g/mol. The molecule has 0 unspecified atom stereocenters. The van der Waals surface area contributed by atoms with E-state index in [0.717, 1.165) is 31.4 Å². The number of carbonyl (C=O) groups excluding carboxylic acids is 2. The van der Waals surface area contributed by atoms with Crippen LogP contribution in [-0.4, -0.2) is 51.9 Å². The number of carbonyl (C=O) groups is 2. The van der Waals surface area contributed by atoms with Crippen LogP contribution in [0.3, 0.4) is 0 Å². The van der Waals surface area contributed by atoms with Crippen molar-refractivity contribution >= 4 is 23.6 Å². The Balaban J connectivity index is 1.66. The first kappa shape index (κ1) is 18.2. The Bertz CT molecular complexity index is 627. The number of piperidine rings is 1. The second-order valence-corrected chi connectivity index (χ2v) is 8.20. The molecule has 2 heterocycles. The van der Waals surface area contributed by atoms with Crippen LogP contribution < -0.4 is 0 Å². The third-order valence-electron chi connectivity index (χ3n) is 5.16. The van der Waals surface area contributed by atoms with Crippen LogP contribution in [0.25, 0.3) is 0 Å². The number of unbranched alkanes of at least 4 members (excludes halogenated alkanes) is 1. The number of hydrogen-bond donors (Lipinski definition) is 0. The second kappa shape index (κ2) is 7.77. The van der Waals surface area contributed by atoms with Gasteiger partial charge in [0, 0.05) is 37.4 Å². The molecule has 2 aliphatic heterocycles. The SMILES string of the molecule is CCCCC(=O)N1CCC2(CC1)SCCN2C(=O)c1ccc(F)cc1. The second-order valence-electron chi connectivity index (χ2n) is 6.74. The zero-order valence-electron chi connectivity index (χ0n) is 14.7. The van der Waals surface area contributed by atoms with E-state index in [2.05, 4.69) is 6.92 Å². The number of amides is 2. The first-order chi connectivity index (χ1) is 12.1. The van der Waals surface area contributed by atoms with Crippen LogP contribution in [0, 0.1) is 5.82 Å². The zero-order valence-corrected chi connectivity index (χ0v) is 15.5. The molecule has 25 heavy (non-hydrogen) atoms. The van der Waals surface area contributed by atoms with Crippen LogP contribution in [-0.2, 0) is 4.79 Å². The minimum Gasteiger partial charge on any atom is -0.342 e. The van der Waals surface area contributed by atoms with Crippen molar-refractivity contribution in [2.45, 2.75) is 43.9 Å². The van der Waals surface area contributed by atoms with E-state index in [1.807, 2.05) is 21.6 Å². The molecule has 2 saturated heterocycles. The van der Waals surface area contributed by atoms with Gasteiger partial charge in [-0.2, -0.15) is 0 Å². The molecule has 4 nitrogen and oxygen atoms in total. The molecule has 1 aromatic rings. The maximum atomic E-state index is 13.1. The predicted molar refractivity (Wildman–Crippen MR) is 98.0 cm³/mol. The van der Waals surface area contributed by atoms with Gasteiger partial charge < -0.3 is 9.80 Å². The van der Waals surface area contributed by atoms with E-state index in [9.17, 15) is 14.0 Å². The van der Waals surface area contributed by atoms with E-state index < -0.39 is 0 Å². The molecule has 136 valence electrons. The summed E-state index contributed by atoms with van der Waals surface area (Å²) in [6, 6.07) is 5.77. The van der Waals surface area contributed by atoms with Gasteiger partial charge >= 0.3 is 0 Å². The highest BCUT2D eigenvalue weighted by Crippen LogP contribution is 2.44. The van der Waals surface area contributed by atoms with Gasteiger partial charge in [-0.05, 0) is 43.5 Å². The fourth-order valence-electron chi connectivity index (χ4n) is 3.65. The van der Waals surface area contributed by atoms with Crippen molar-refractivity contribution in [1.29, 1.82) is 0 Å². The number of rotatable bonds is 4. The summed E-state index contributed by atoms with van der Waals surface area (Å²) in [6.45, 7) is 4.22. The first-order valence-electron chi connectivity index (χ1n) is 9.05. The summed E-state index contributed by atoms with van der Waals surface area (Å²) < 4.78 is 13.1. The number of likely N-dealkylation sites (tertiary alicyclic amines) is 1. The summed E-state index contributed by atoms with van der Waals surface area (Å²) in [4.78, 5) is 28.8. The number of thioether (sulfide) groups is 1. The Morgan fingerprint density at radius 3 is 2.48 bits per heavy atom. The Labute approximate surface area is 152 Å². The third kappa shape index (κ3) is 3.84. The zero-order chi connectivity index (χ0) is 17.9. The van der Waals surface area contributed by atoms with Crippen LogP contribution >= 0.6 is 11.8 Å². The summed E-state index contributed by atoms with van der Waals surface area (Å²) in [5, 5.41) is 0. The van der Waals surface area contributed by atoms with E-state index in [1.165, 1.54) is 12.1 Å². The summed E-state index contributed by atoms with van der Waals surface area (Å²) in [5.41, 5.74) is 0.532. The van der Waals surface area contributed by atoms with Crippen LogP contribution in [0.1, 0.15) is 49.4 Å². The molecule has 3 rings (SSSR count). The minimum atomic E-state index is -0.332. The highest BCUT2D eigenvalue weighted by atomic mass is 32.2. The quantitative estimate of drug-likeness (QED) is 0.821. The predicted octanol–water partition coefficient (Wildman–Crippen LogP) is 3.52. The summed E-state index contributed by atoms with van der Waals surface area (Å²) in [7, 11) is 0. The highest BCUT2D eigenvalue weighted by molar-refractivity contribution is 8.00. The van der Waals surface area contributed by atoms with Gasteiger partial charge in [-0.3, -0.25) is 9.59 Å². The van der Waals surface area contributed by atoms with Crippen molar-refractivity contribution in [3.05, 3.63) is 35.6 Å². The van der Waals surface area contributed by atoms with Crippen molar-refractivity contribution < 1.29 is 14.0 Å². The molecule has 0 N–H and O–H groups in total. The maximum Gasteiger partial charge on any atom is 0.254 e. The molecule has 6 heteroatoms. The topological polar surface area (TPSA) is 40.6 Å². The minimum absolute atomic E-state index is 0.0317. The van der Waals surface area contributed by atoms with E-state index in [-0.39, 0.29) is 22.5 Å². The molecule has 0 bridgehead atoms. The van der Waals surface area contributed by atoms with Gasteiger partial charge in [-0.15, -0.1) is 11.8 Å². The number of halogens is 1. The van der Waals surface area contributed by atoms with Crippen molar-refractivity contribution in [1.82, 2.24) is 9.80 Å². The molecule has 0 radical (unpaired) electrons. The van der Waals surface area contributed by atoms with E-state index in [0.29, 0.717) is 31.6 Å². The normalized spacial score (nSPS) is 19.4. The molecular weight excluding hydrogens is 339 g/mol. The molecule has 2 aliphatic rings. The standard InChI is InChI=1S/C19H25FN2O2S/c1-2-3-4-17(23)21-11-9-19(10-12-21)22(13-14-25-19)18(24)15-5-7-16(20)8-6-15/h5-8H,2-4,9-14H2,1H3. The molecule has 1 aromatic carbocycles. The molecule has 2 fully saturated rings. The highest BCUT2D eigenvalue weighted by Gasteiger charge is 2.46. The fourth-order valence-corrected chi connectivity index (χ4v) is 5.10. The monoisotopic (exact) mass is 364 g/mol. The smallest absolute Gasteiger partial charge is 0.254 e. The molecule has 0 aromatic heterocycles. The van der Waals surface area contributed by atoms with Crippen LogP contribution in [0.5, 0.6) is 0 Å². The van der Waals surface area contributed by atoms with Gasteiger partial charge in [0.1, 0.15) is 5.82 Å². The van der Waals surface area contributed by atoms with Crippen molar-refractivity contribution in [2.24, 2.45) is 0 Å². The maximum absolute atomic E-state index is 13.1. The third-order valence-corrected chi connectivity index (χ3v) is 6.71. The number of benzene rings is 1. The fraction of sp³-hybridized carbons (Fsp3) is 0.579.